The predicted octanol–water partition coefficient (Wildman–Crippen LogP) is 2.86. The van der Waals surface area contributed by atoms with Crippen LogP contribution in [0.3, 0.4) is 0 Å². The summed E-state index contributed by atoms with van der Waals surface area (Å²) in [5, 5.41) is 6.54. The molecule has 1 N–H and O–H groups in total. The van der Waals surface area contributed by atoms with E-state index in [1.807, 2.05) is 29.6 Å². The van der Waals surface area contributed by atoms with Crippen LogP contribution in [-0.2, 0) is 30.8 Å². The summed E-state index contributed by atoms with van der Waals surface area (Å²) in [5.41, 5.74) is 0.409. The maximum Gasteiger partial charge on any atom is 0.332 e. The van der Waals surface area contributed by atoms with Crippen molar-refractivity contribution in [2.45, 2.75) is 26.1 Å². The van der Waals surface area contributed by atoms with E-state index >= 15 is 0 Å². The zero-order valence-electron chi connectivity index (χ0n) is 18.2. The molecule has 0 saturated carbocycles. The molecule has 0 aliphatic carbocycles. The molecule has 0 saturated heterocycles. The Bertz CT molecular complexity index is 1390. The molecular formula is C23H23N3O5S2. The minimum atomic E-state index is -0.489. The lowest BCUT2D eigenvalue weighted by Crippen LogP contribution is -2.42. The van der Waals surface area contributed by atoms with Gasteiger partial charge in [-0.05, 0) is 35.4 Å². The third kappa shape index (κ3) is 4.71. The van der Waals surface area contributed by atoms with Gasteiger partial charge in [0.25, 0.3) is 5.56 Å². The molecule has 4 aromatic rings. The van der Waals surface area contributed by atoms with Gasteiger partial charge in [0.15, 0.2) is 11.5 Å². The molecule has 0 fully saturated rings. The second-order valence-electron chi connectivity index (χ2n) is 7.22. The van der Waals surface area contributed by atoms with Crippen molar-refractivity contribution in [3.05, 3.63) is 78.4 Å². The first kappa shape index (κ1) is 22.8. The second-order valence-corrected chi connectivity index (χ2v) is 9.17. The Morgan fingerprint density at radius 3 is 2.58 bits per heavy atom. The first-order valence-electron chi connectivity index (χ1n) is 10.2. The standard InChI is InChI=1S/C23H23N3O5S2/c1-30-18-7-3-5-15(20(18)31-2)13-24-19(27)14-26-17-9-12-33-21(17)22(28)25(23(26)29)10-8-16-6-4-11-32-16/h3-7,9,11-12H,8,10,13-14H2,1-2H3,(H,24,27). The van der Waals surface area contributed by atoms with Crippen LogP contribution in [0.15, 0.2) is 56.7 Å². The quantitative estimate of drug-likeness (QED) is 0.394. The highest BCUT2D eigenvalue weighted by atomic mass is 32.1. The summed E-state index contributed by atoms with van der Waals surface area (Å²) < 4.78 is 13.7. The molecule has 8 nitrogen and oxygen atoms in total. The summed E-state index contributed by atoms with van der Waals surface area (Å²) in [6.07, 6.45) is 0.575. The minimum absolute atomic E-state index is 0.197. The number of ether oxygens (including phenoxy) is 2. The van der Waals surface area contributed by atoms with Gasteiger partial charge >= 0.3 is 5.69 Å². The van der Waals surface area contributed by atoms with Crippen LogP contribution in [-0.4, -0.2) is 29.3 Å². The molecule has 1 aromatic carbocycles. The number of rotatable bonds is 9. The van der Waals surface area contributed by atoms with Crippen LogP contribution in [0, 0.1) is 0 Å². The molecule has 172 valence electrons. The lowest BCUT2D eigenvalue weighted by Gasteiger charge is -2.14. The number of nitrogens with zero attached hydrogens (tertiary/aromatic N) is 2. The number of carbonyl (C=O) groups is 1. The average Bonchev–Trinajstić information content (AvgIpc) is 3.52. The molecule has 0 radical (unpaired) electrons. The normalized spacial score (nSPS) is 11.0. The molecule has 4 rings (SSSR count). The molecular weight excluding hydrogens is 462 g/mol. The SMILES string of the molecule is COc1cccc(CNC(=O)Cn2c(=O)n(CCc3cccs3)c(=O)c3sccc32)c1OC. The van der Waals surface area contributed by atoms with E-state index < -0.39 is 5.69 Å². The third-order valence-corrected chi connectivity index (χ3v) is 7.09. The minimum Gasteiger partial charge on any atom is -0.493 e. The fourth-order valence-electron chi connectivity index (χ4n) is 3.65. The first-order valence-corrected chi connectivity index (χ1v) is 12.0. The van der Waals surface area contributed by atoms with E-state index in [1.165, 1.54) is 27.6 Å². The number of benzene rings is 1. The number of nitrogens with one attached hydrogen (secondary N) is 1. The highest BCUT2D eigenvalue weighted by Gasteiger charge is 2.17. The zero-order chi connectivity index (χ0) is 23.4. The monoisotopic (exact) mass is 485 g/mol. The lowest BCUT2D eigenvalue weighted by molar-refractivity contribution is -0.121. The van der Waals surface area contributed by atoms with Gasteiger partial charge in [-0.1, -0.05) is 18.2 Å². The number of para-hydroxylation sites is 1. The number of fused-ring (bicyclic) bond motifs is 1. The average molecular weight is 486 g/mol. The number of amides is 1. The van der Waals surface area contributed by atoms with Gasteiger partial charge in [-0.2, -0.15) is 0 Å². The van der Waals surface area contributed by atoms with E-state index in [9.17, 15) is 14.4 Å². The maximum absolute atomic E-state index is 13.2. The van der Waals surface area contributed by atoms with Crippen molar-refractivity contribution in [2.75, 3.05) is 14.2 Å². The lowest BCUT2D eigenvalue weighted by atomic mass is 10.2. The van der Waals surface area contributed by atoms with Crippen molar-refractivity contribution in [1.29, 1.82) is 0 Å². The molecule has 0 unspecified atom stereocenters. The van der Waals surface area contributed by atoms with E-state index in [1.54, 1.807) is 36.0 Å². The fraction of sp³-hybridized carbons (Fsp3) is 0.261. The Morgan fingerprint density at radius 2 is 1.85 bits per heavy atom. The molecule has 0 atom stereocenters. The molecule has 3 heterocycles. The summed E-state index contributed by atoms with van der Waals surface area (Å²) >= 11 is 2.85. The number of methoxy groups -OCH3 is 2. The first-order chi connectivity index (χ1) is 16.0. The van der Waals surface area contributed by atoms with Gasteiger partial charge < -0.3 is 14.8 Å². The summed E-state index contributed by atoms with van der Waals surface area (Å²) in [4.78, 5) is 39.9. The summed E-state index contributed by atoms with van der Waals surface area (Å²) in [6, 6.07) is 11.0. The largest absolute Gasteiger partial charge is 0.493 e. The summed E-state index contributed by atoms with van der Waals surface area (Å²) in [7, 11) is 3.08. The molecule has 10 heteroatoms. The van der Waals surface area contributed by atoms with E-state index in [0.29, 0.717) is 28.1 Å². The highest BCUT2D eigenvalue weighted by Crippen LogP contribution is 2.30. The van der Waals surface area contributed by atoms with Gasteiger partial charge in [-0.3, -0.25) is 18.7 Å². The topological polar surface area (TPSA) is 91.6 Å². The van der Waals surface area contributed by atoms with Crippen LogP contribution in [0.2, 0.25) is 0 Å². The Hall–Kier alpha value is -3.37. The zero-order valence-corrected chi connectivity index (χ0v) is 19.8. The van der Waals surface area contributed by atoms with E-state index in [2.05, 4.69) is 5.32 Å². The fourth-order valence-corrected chi connectivity index (χ4v) is 5.19. The van der Waals surface area contributed by atoms with Crippen LogP contribution in [0.4, 0.5) is 0 Å². The molecule has 0 spiro atoms. The van der Waals surface area contributed by atoms with Gasteiger partial charge in [-0.15, -0.1) is 22.7 Å². The number of aromatic nitrogens is 2. The highest BCUT2D eigenvalue weighted by molar-refractivity contribution is 7.17. The van der Waals surface area contributed by atoms with Crippen molar-refractivity contribution >= 4 is 38.8 Å². The van der Waals surface area contributed by atoms with Crippen molar-refractivity contribution in [1.82, 2.24) is 14.5 Å². The number of aryl methyl sites for hydroxylation is 1. The predicted molar refractivity (Wildman–Crippen MR) is 130 cm³/mol. The van der Waals surface area contributed by atoms with Gasteiger partial charge in [0.1, 0.15) is 11.2 Å². The van der Waals surface area contributed by atoms with Crippen molar-refractivity contribution in [3.8, 4) is 11.5 Å². The second kappa shape index (κ2) is 10.1. The third-order valence-electron chi connectivity index (χ3n) is 5.26. The Balaban J connectivity index is 1.57. The van der Waals surface area contributed by atoms with E-state index in [0.717, 1.165) is 10.4 Å². The summed E-state index contributed by atoms with van der Waals surface area (Å²) in [5.74, 6) is 0.760. The van der Waals surface area contributed by atoms with Crippen LogP contribution >= 0.6 is 22.7 Å². The van der Waals surface area contributed by atoms with E-state index in [4.69, 9.17) is 9.47 Å². The van der Waals surface area contributed by atoms with Crippen LogP contribution in [0.1, 0.15) is 10.4 Å². The van der Waals surface area contributed by atoms with Crippen molar-refractivity contribution < 1.29 is 14.3 Å². The molecule has 0 aliphatic rings. The molecule has 33 heavy (non-hydrogen) atoms. The molecule has 0 aliphatic heterocycles. The number of hydrogen-bond donors (Lipinski definition) is 1. The van der Waals surface area contributed by atoms with Crippen LogP contribution in [0.25, 0.3) is 10.2 Å². The van der Waals surface area contributed by atoms with Gasteiger partial charge in [0, 0.05) is 23.5 Å². The van der Waals surface area contributed by atoms with Crippen LogP contribution in [0.5, 0.6) is 11.5 Å². The number of thiophene rings is 2. The Labute approximate surface area is 197 Å². The molecule has 3 aromatic heterocycles. The molecule has 0 bridgehead atoms. The van der Waals surface area contributed by atoms with Gasteiger partial charge in [-0.25, -0.2) is 4.79 Å². The van der Waals surface area contributed by atoms with Gasteiger partial charge in [0.05, 0.1) is 19.7 Å². The summed E-state index contributed by atoms with van der Waals surface area (Å²) in [6.45, 7) is 0.269. The Morgan fingerprint density at radius 1 is 1.00 bits per heavy atom. The molecule has 1 amide bonds. The van der Waals surface area contributed by atoms with Crippen molar-refractivity contribution in [2.24, 2.45) is 0 Å². The Kier molecular flexibility index (Phi) is 6.95. The van der Waals surface area contributed by atoms with Crippen molar-refractivity contribution in [3.63, 3.8) is 0 Å². The number of hydrogen-bond acceptors (Lipinski definition) is 7. The maximum atomic E-state index is 13.2. The number of carbonyl (C=O) groups excluding carboxylic acids is 1. The van der Waals surface area contributed by atoms with E-state index in [-0.39, 0.29) is 31.1 Å². The van der Waals surface area contributed by atoms with Gasteiger partial charge in [0.2, 0.25) is 5.91 Å². The van der Waals surface area contributed by atoms with Crippen LogP contribution < -0.4 is 26.0 Å². The smallest absolute Gasteiger partial charge is 0.332 e.